The standard InChI is InChI=1S/C17H19ClN4O/c1-11(23)22-8-3-2-7-15(22)16-14(10-20-17(19)21-16)12-5-4-6-13(18)9-12/h4-6,9-10,15H,2-3,7-8H2,1H3,(H2,19,20,21). The first-order valence-corrected chi connectivity index (χ1v) is 8.09. The normalized spacial score (nSPS) is 18.0. The van der Waals surface area contributed by atoms with Crippen molar-refractivity contribution in [2.45, 2.75) is 32.2 Å². The van der Waals surface area contributed by atoms with Crippen LogP contribution >= 0.6 is 11.6 Å². The van der Waals surface area contributed by atoms with Gasteiger partial charge in [-0.2, -0.15) is 0 Å². The molecule has 1 aliphatic rings. The summed E-state index contributed by atoms with van der Waals surface area (Å²) < 4.78 is 0. The largest absolute Gasteiger partial charge is 0.368 e. The molecular formula is C17H19ClN4O. The maximum Gasteiger partial charge on any atom is 0.220 e. The first kappa shape index (κ1) is 15.7. The Morgan fingerprint density at radius 2 is 2.22 bits per heavy atom. The molecule has 3 rings (SSSR count). The number of rotatable bonds is 2. The minimum atomic E-state index is -0.0690. The lowest BCUT2D eigenvalue weighted by atomic mass is 9.94. The third-order valence-corrected chi connectivity index (χ3v) is 4.43. The second-order valence-corrected chi connectivity index (χ2v) is 6.20. The van der Waals surface area contributed by atoms with E-state index in [4.69, 9.17) is 17.3 Å². The highest BCUT2D eigenvalue weighted by atomic mass is 35.5. The van der Waals surface area contributed by atoms with Crippen LogP contribution in [0.15, 0.2) is 30.5 Å². The van der Waals surface area contributed by atoms with Crippen LogP contribution in [0.25, 0.3) is 11.1 Å². The van der Waals surface area contributed by atoms with Crippen LogP contribution in [-0.2, 0) is 4.79 Å². The van der Waals surface area contributed by atoms with Crippen molar-refractivity contribution < 1.29 is 4.79 Å². The van der Waals surface area contributed by atoms with Crippen molar-refractivity contribution in [3.63, 3.8) is 0 Å². The van der Waals surface area contributed by atoms with Gasteiger partial charge in [0.25, 0.3) is 0 Å². The minimum absolute atomic E-state index is 0.0592. The Kier molecular flexibility index (Phi) is 4.48. The van der Waals surface area contributed by atoms with Gasteiger partial charge in [0.05, 0.1) is 11.7 Å². The van der Waals surface area contributed by atoms with Crippen LogP contribution in [0.4, 0.5) is 5.95 Å². The molecule has 1 saturated heterocycles. The van der Waals surface area contributed by atoms with Crippen molar-refractivity contribution in [2.24, 2.45) is 0 Å². The number of nitrogen functional groups attached to an aromatic ring is 1. The fourth-order valence-electron chi connectivity index (χ4n) is 3.13. The first-order valence-electron chi connectivity index (χ1n) is 7.72. The monoisotopic (exact) mass is 330 g/mol. The van der Waals surface area contributed by atoms with Gasteiger partial charge in [0, 0.05) is 30.3 Å². The fourth-order valence-corrected chi connectivity index (χ4v) is 3.32. The van der Waals surface area contributed by atoms with Crippen LogP contribution in [0.3, 0.4) is 0 Å². The highest BCUT2D eigenvalue weighted by molar-refractivity contribution is 6.30. The third kappa shape index (κ3) is 3.29. The number of hydrogen-bond donors (Lipinski definition) is 1. The molecule has 23 heavy (non-hydrogen) atoms. The molecular weight excluding hydrogens is 312 g/mol. The molecule has 1 atom stereocenters. The summed E-state index contributed by atoms with van der Waals surface area (Å²) in [6, 6.07) is 7.49. The molecule has 120 valence electrons. The molecule has 1 fully saturated rings. The predicted octanol–water partition coefficient (Wildman–Crippen LogP) is 3.45. The Labute approximate surface area is 140 Å². The van der Waals surface area contributed by atoms with E-state index in [1.807, 2.05) is 29.2 Å². The summed E-state index contributed by atoms with van der Waals surface area (Å²) in [5.41, 5.74) is 8.42. The van der Waals surface area contributed by atoms with E-state index >= 15 is 0 Å². The average Bonchev–Trinajstić information content (AvgIpc) is 2.54. The minimum Gasteiger partial charge on any atom is -0.368 e. The van der Waals surface area contributed by atoms with Crippen molar-refractivity contribution in [1.82, 2.24) is 14.9 Å². The van der Waals surface area contributed by atoms with E-state index in [1.54, 1.807) is 13.1 Å². The van der Waals surface area contributed by atoms with Gasteiger partial charge in [-0.3, -0.25) is 4.79 Å². The van der Waals surface area contributed by atoms with Crippen LogP contribution < -0.4 is 5.73 Å². The molecule has 5 nitrogen and oxygen atoms in total. The molecule has 2 N–H and O–H groups in total. The number of amides is 1. The van der Waals surface area contributed by atoms with E-state index in [2.05, 4.69) is 9.97 Å². The van der Waals surface area contributed by atoms with E-state index in [-0.39, 0.29) is 17.9 Å². The van der Waals surface area contributed by atoms with E-state index < -0.39 is 0 Å². The molecule has 1 unspecified atom stereocenters. The second-order valence-electron chi connectivity index (χ2n) is 5.76. The summed E-state index contributed by atoms with van der Waals surface area (Å²) in [5.74, 6) is 0.281. The molecule has 6 heteroatoms. The van der Waals surface area contributed by atoms with Crippen LogP contribution in [0.5, 0.6) is 0 Å². The average molecular weight is 331 g/mol. The van der Waals surface area contributed by atoms with E-state index in [9.17, 15) is 4.79 Å². The molecule has 1 amide bonds. The maximum absolute atomic E-state index is 12.0. The summed E-state index contributed by atoms with van der Waals surface area (Å²) in [6.45, 7) is 2.35. The van der Waals surface area contributed by atoms with Gasteiger partial charge in [-0.05, 0) is 37.0 Å². The van der Waals surface area contributed by atoms with Crippen LogP contribution in [0.2, 0.25) is 5.02 Å². The van der Waals surface area contributed by atoms with Gasteiger partial charge in [-0.15, -0.1) is 0 Å². The lowest BCUT2D eigenvalue weighted by molar-refractivity contribution is -0.132. The van der Waals surface area contributed by atoms with E-state index in [0.717, 1.165) is 42.6 Å². The maximum atomic E-state index is 12.0. The number of piperidine rings is 1. The fraction of sp³-hybridized carbons (Fsp3) is 0.353. The molecule has 0 aliphatic carbocycles. The highest BCUT2D eigenvalue weighted by Gasteiger charge is 2.29. The molecule has 0 bridgehead atoms. The second kappa shape index (κ2) is 6.54. The lowest BCUT2D eigenvalue weighted by Gasteiger charge is -2.35. The van der Waals surface area contributed by atoms with Gasteiger partial charge in [0.15, 0.2) is 0 Å². The third-order valence-electron chi connectivity index (χ3n) is 4.20. The lowest BCUT2D eigenvalue weighted by Crippen LogP contribution is -2.37. The van der Waals surface area contributed by atoms with Gasteiger partial charge in [0.2, 0.25) is 11.9 Å². The summed E-state index contributed by atoms with van der Waals surface area (Å²) in [5, 5.41) is 0.650. The molecule has 0 saturated carbocycles. The van der Waals surface area contributed by atoms with Gasteiger partial charge >= 0.3 is 0 Å². The number of hydrogen-bond acceptors (Lipinski definition) is 4. The number of benzene rings is 1. The summed E-state index contributed by atoms with van der Waals surface area (Å²) in [4.78, 5) is 22.5. The molecule has 0 radical (unpaired) electrons. The molecule has 0 spiro atoms. The van der Waals surface area contributed by atoms with Gasteiger partial charge < -0.3 is 10.6 Å². The molecule has 2 aromatic rings. The quantitative estimate of drug-likeness (QED) is 0.915. The Morgan fingerprint density at radius 3 is 2.96 bits per heavy atom. The van der Waals surface area contributed by atoms with E-state index in [1.165, 1.54) is 0 Å². The summed E-state index contributed by atoms with van der Waals surface area (Å²) in [6.07, 6.45) is 4.68. The molecule has 1 aliphatic heterocycles. The van der Waals surface area contributed by atoms with Crippen molar-refractivity contribution in [3.8, 4) is 11.1 Å². The Hall–Kier alpha value is -2.14. The highest BCUT2D eigenvalue weighted by Crippen LogP contribution is 2.36. The van der Waals surface area contributed by atoms with Crippen LogP contribution in [0.1, 0.15) is 37.9 Å². The topological polar surface area (TPSA) is 72.1 Å². The first-order chi connectivity index (χ1) is 11.1. The summed E-state index contributed by atoms with van der Waals surface area (Å²) in [7, 11) is 0. The number of carbonyl (C=O) groups excluding carboxylic acids is 1. The van der Waals surface area contributed by atoms with Crippen molar-refractivity contribution in [1.29, 1.82) is 0 Å². The zero-order valence-electron chi connectivity index (χ0n) is 13.0. The number of halogens is 1. The Balaban J connectivity index is 2.10. The predicted molar refractivity (Wildman–Crippen MR) is 90.9 cm³/mol. The van der Waals surface area contributed by atoms with Gasteiger partial charge in [-0.1, -0.05) is 23.7 Å². The van der Waals surface area contributed by atoms with Crippen LogP contribution in [-0.4, -0.2) is 27.3 Å². The van der Waals surface area contributed by atoms with Crippen molar-refractivity contribution in [2.75, 3.05) is 12.3 Å². The van der Waals surface area contributed by atoms with E-state index in [0.29, 0.717) is 5.02 Å². The van der Waals surface area contributed by atoms with Gasteiger partial charge in [-0.25, -0.2) is 9.97 Å². The van der Waals surface area contributed by atoms with Gasteiger partial charge in [0.1, 0.15) is 0 Å². The zero-order chi connectivity index (χ0) is 16.4. The van der Waals surface area contributed by atoms with Crippen molar-refractivity contribution in [3.05, 3.63) is 41.2 Å². The number of carbonyl (C=O) groups is 1. The number of nitrogens with two attached hydrogens (primary N) is 1. The Morgan fingerprint density at radius 1 is 1.39 bits per heavy atom. The Bertz CT molecular complexity index is 734. The summed E-state index contributed by atoms with van der Waals surface area (Å²) >= 11 is 6.11. The SMILES string of the molecule is CC(=O)N1CCCCC1c1nc(N)ncc1-c1cccc(Cl)c1. The number of anilines is 1. The smallest absolute Gasteiger partial charge is 0.220 e. The number of nitrogens with zero attached hydrogens (tertiary/aromatic N) is 3. The molecule has 1 aromatic carbocycles. The molecule has 2 heterocycles. The number of aromatic nitrogens is 2. The van der Waals surface area contributed by atoms with Crippen LogP contribution in [0, 0.1) is 0 Å². The molecule has 1 aromatic heterocycles. The van der Waals surface area contributed by atoms with Crippen molar-refractivity contribution >= 4 is 23.5 Å². The number of likely N-dealkylation sites (tertiary alicyclic amines) is 1. The zero-order valence-corrected chi connectivity index (χ0v) is 13.8.